The van der Waals surface area contributed by atoms with Crippen LogP contribution in [0.1, 0.15) is 11.1 Å². The van der Waals surface area contributed by atoms with Crippen LogP contribution in [0.4, 0.5) is 0 Å². The smallest absolute Gasteiger partial charge is 0.193 e. The Labute approximate surface area is 233 Å². The number of epoxide rings is 1. The molecule has 0 spiro atoms. The Morgan fingerprint density at radius 1 is 0.700 bits per heavy atom. The van der Waals surface area contributed by atoms with E-state index in [-0.39, 0.29) is 11.5 Å². The molecule has 0 aliphatic carbocycles. The van der Waals surface area contributed by atoms with Crippen LogP contribution in [-0.2, 0) is 18.0 Å². The minimum Gasteiger partial charge on any atom is -0.491 e. The molecule has 6 heteroatoms. The Kier molecular flexibility index (Phi) is 8.59. The number of hydrogen-bond donors (Lipinski definition) is 0. The highest BCUT2D eigenvalue weighted by Gasteiger charge is 2.23. The van der Waals surface area contributed by atoms with Crippen LogP contribution in [0.5, 0.6) is 17.2 Å². The summed E-state index contributed by atoms with van der Waals surface area (Å²) in [6.07, 6.45) is 0.136. The molecule has 1 aromatic heterocycles. The fourth-order valence-corrected chi connectivity index (χ4v) is 4.08. The van der Waals surface area contributed by atoms with Gasteiger partial charge in [-0.05, 0) is 35.4 Å². The van der Waals surface area contributed by atoms with Crippen LogP contribution in [0.25, 0.3) is 22.3 Å². The highest BCUT2D eigenvalue weighted by atomic mass is 16.6. The highest BCUT2D eigenvalue weighted by molar-refractivity contribution is 5.80. The summed E-state index contributed by atoms with van der Waals surface area (Å²) in [6.45, 7) is 7.98. The number of ether oxygens (including phenoxy) is 4. The number of rotatable bonds is 10. The molecule has 1 saturated heterocycles. The number of benzene rings is 4. The topological polar surface area (TPSA) is 70.4 Å². The van der Waals surface area contributed by atoms with Crippen molar-refractivity contribution in [3.63, 3.8) is 0 Å². The number of fused-ring (bicyclic) bond motifs is 1. The second-order valence-electron chi connectivity index (χ2n) is 9.14. The number of hydrogen-bond acceptors (Lipinski definition) is 6. The standard InChI is InChI=1S/C32H26O6.C2H4/c33-30-17-31(38-32-16-25(11-12-29(30)32)36-20-28-21-37-28)24-13-26(34-18-22-7-3-1-4-8-22)15-27(14-24)35-19-23-9-5-2-6-10-23;1-2/h1-17,28H,18-21H2;1-2H2/t28-;/m1./s1. The average molecular weight is 535 g/mol. The molecule has 1 aliphatic rings. The van der Waals surface area contributed by atoms with E-state index in [1.165, 1.54) is 6.07 Å². The van der Waals surface area contributed by atoms with Gasteiger partial charge in [-0.25, -0.2) is 0 Å². The van der Waals surface area contributed by atoms with Crippen LogP contribution in [-0.4, -0.2) is 19.3 Å². The molecule has 0 unspecified atom stereocenters. The van der Waals surface area contributed by atoms with Gasteiger partial charge in [-0.1, -0.05) is 60.7 Å². The van der Waals surface area contributed by atoms with Gasteiger partial charge >= 0.3 is 0 Å². The van der Waals surface area contributed by atoms with Crippen LogP contribution in [0.3, 0.4) is 0 Å². The second-order valence-corrected chi connectivity index (χ2v) is 9.14. The zero-order valence-corrected chi connectivity index (χ0v) is 22.1. The van der Waals surface area contributed by atoms with Gasteiger partial charge in [-0.3, -0.25) is 4.79 Å². The third kappa shape index (κ3) is 6.98. The fraction of sp³-hybridized carbons (Fsp3) is 0.147. The van der Waals surface area contributed by atoms with Gasteiger partial charge in [-0.2, -0.15) is 0 Å². The van der Waals surface area contributed by atoms with Crippen LogP contribution >= 0.6 is 0 Å². The molecule has 5 aromatic rings. The molecule has 1 atom stereocenters. The molecular formula is C34H30O6. The van der Waals surface area contributed by atoms with Gasteiger partial charge in [0.2, 0.25) is 0 Å². The van der Waals surface area contributed by atoms with E-state index in [9.17, 15) is 4.79 Å². The summed E-state index contributed by atoms with van der Waals surface area (Å²) in [6, 6.07) is 32.2. The van der Waals surface area contributed by atoms with Gasteiger partial charge in [0.1, 0.15) is 54.5 Å². The van der Waals surface area contributed by atoms with Crippen molar-refractivity contribution in [1.29, 1.82) is 0 Å². The summed E-state index contributed by atoms with van der Waals surface area (Å²) in [7, 11) is 0. The van der Waals surface area contributed by atoms with Crippen molar-refractivity contribution in [2.24, 2.45) is 0 Å². The highest BCUT2D eigenvalue weighted by Crippen LogP contribution is 2.32. The van der Waals surface area contributed by atoms with Gasteiger partial charge in [0.25, 0.3) is 0 Å². The maximum Gasteiger partial charge on any atom is 0.193 e. The molecule has 0 bridgehead atoms. The summed E-state index contributed by atoms with van der Waals surface area (Å²) in [5.41, 5.74) is 3.08. The fourth-order valence-electron chi connectivity index (χ4n) is 4.08. The zero-order valence-electron chi connectivity index (χ0n) is 22.1. The van der Waals surface area contributed by atoms with E-state index in [1.54, 1.807) is 18.2 Å². The molecule has 2 heterocycles. The van der Waals surface area contributed by atoms with Gasteiger partial charge in [-0.15, -0.1) is 13.2 Å². The van der Waals surface area contributed by atoms with Crippen molar-refractivity contribution < 1.29 is 23.4 Å². The third-order valence-electron chi connectivity index (χ3n) is 6.20. The predicted molar refractivity (Wildman–Crippen MR) is 156 cm³/mol. The summed E-state index contributed by atoms with van der Waals surface area (Å²) >= 11 is 0. The largest absolute Gasteiger partial charge is 0.491 e. The van der Waals surface area contributed by atoms with Crippen LogP contribution < -0.4 is 19.6 Å². The molecule has 6 rings (SSSR count). The van der Waals surface area contributed by atoms with E-state index in [4.69, 9.17) is 23.4 Å². The van der Waals surface area contributed by atoms with Crippen molar-refractivity contribution in [3.05, 3.63) is 138 Å². The lowest BCUT2D eigenvalue weighted by atomic mass is 10.1. The quantitative estimate of drug-likeness (QED) is 0.139. The molecule has 0 saturated carbocycles. The normalized spacial score (nSPS) is 13.7. The van der Waals surface area contributed by atoms with Crippen molar-refractivity contribution in [2.45, 2.75) is 19.3 Å². The SMILES string of the molecule is C=C.O=c1cc(-c2cc(OCc3ccccc3)cc(OCc3ccccc3)c2)oc2cc(OC[C@@H]3CO3)ccc12. The summed E-state index contributed by atoms with van der Waals surface area (Å²) in [4.78, 5) is 13.0. The van der Waals surface area contributed by atoms with E-state index in [2.05, 4.69) is 13.2 Å². The maximum atomic E-state index is 13.0. The second kappa shape index (κ2) is 12.8. The minimum absolute atomic E-state index is 0.136. The van der Waals surface area contributed by atoms with Crippen molar-refractivity contribution >= 4 is 11.0 Å². The Morgan fingerprint density at radius 2 is 1.30 bits per heavy atom. The van der Waals surface area contributed by atoms with E-state index in [0.29, 0.717) is 66.0 Å². The summed E-state index contributed by atoms with van der Waals surface area (Å²) in [5, 5.41) is 0.487. The first-order valence-corrected chi connectivity index (χ1v) is 13.0. The van der Waals surface area contributed by atoms with Crippen LogP contribution in [0.15, 0.2) is 125 Å². The monoisotopic (exact) mass is 534 g/mol. The molecule has 202 valence electrons. The summed E-state index contributed by atoms with van der Waals surface area (Å²) in [5.74, 6) is 2.26. The van der Waals surface area contributed by atoms with Crippen molar-refractivity contribution in [3.8, 4) is 28.6 Å². The van der Waals surface area contributed by atoms with E-state index in [1.807, 2.05) is 78.9 Å². The molecule has 6 nitrogen and oxygen atoms in total. The van der Waals surface area contributed by atoms with Gasteiger partial charge in [0, 0.05) is 23.8 Å². The lowest BCUT2D eigenvalue weighted by molar-refractivity contribution is 0.263. The molecule has 1 fully saturated rings. The van der Waals surface area contributed by atoms with E-state index < -0.39 is 0 Å². The Morgan fingerprint density at radius 3 is 1.88 bits per heavy atom. The summed E-state index contributed by atoms with van der Waals surface area (Å²) < 4.78 is 29.4. The molecule has 40 heavy (non-hydrogen) atoms. The first kappa shape index (κ1) is 26.8. The van der Waals surface area contributed by atoms with Crippen molar-refractivity contribution in [1.82, 2.24) is 0 Å². The molecule has 0 radical (unpaired) electrons. The van der Waals surface area contributed by atoms with Gasteiger partial charge in [0.15, 0.2) is 5.43 Å². The first-order chi connectivity index (χ1) is 19.7. The Balaban J connectivity index is 0.00000158. The lowest BCUT2D eigenvalue weighted by Crippen LogP contribution is -2.05. The van der Waals surface area contributed by atoms with E-state index >= 15 is 0 Å². The molecular weight excluding hydrogens is 504 g/mol. The Hall–Kier alpha value is -4.81. The molecule has 4 aromatic carbocycles. The van der Waals surface area contributed by atoms with Crippen molar-refractivity contribution in [2.75, 3.05) is 13.2 Å². The zero-order chi connectivity index (χ0) is 27.7. The molecule has 1 aliphatic heterocycles. The maximum absolute atomic E-state index is 13.0. The average Bonchev–Trinajstić information content (AvgIpc) is 3.84. The van der Waals surface area contributed by atoms with Crippen LogP contribution in [0.2, 0.25) is 0 Å². The predicted octanol–water partition coefficient (Wildman–Crippen LogP) is 7.20. The first-order valence-electron chi connectivity index (χ1n) is 13.0. The van der Waals surface area contributed by atoms with Gasteiger partial charge in [0.05, 0.1) is 12.0 Å². The lowest BCUT2D eigenvalue weighted by Gasteiger charge is -2.13. The molecule has 0 amide bonds. The Bertz CT molecular complexity index is 1550. The van der Waals surface area contributed by atoms with Gasteiger partial charge < -0.3 is 23.4 Å². The van der Waals surface area contributed by atoms with E-state index in [0.717, 1.165) is 11.1 Å². The third-order valence-corrected chi connectivity index (χ3v) is 6.20. The van der Waals surface area contributed by atoms with Crippen LogP contribution in [0, 0.1) is 0 Å². The molecule has 0 N–H and O–H groups in total. The minimum atomic E-state index is -0.138.